The summed E-state index contributed by atoms with van der Waals surface area (Å²) >= 11 is 0. The molecule has 4 rings (SSSR count). The molecule has 1 fully saturated rings. The average molecular weight is 364 g/mol. The van der Waals surface area contributed by atoms with Crippen LogP contribution >= 0.6 is 0 Å². The number of piperidine rings is 1. The van der Waals surface area contributed by atoms with Crippen LogP contribution in [-0.4, -0.2) is 39.8 Å². The van der Waals surface area contributed by atoms with Crippen molar-refractivity contribution in [2.24, 2.45) is 5.73 Å². The molecule has 2 N–H and O–H groups in total. The smallest absolute Gasteiger partial charge is 0.207 e. The van der Waals surface area contributed by atoms with Crippen LogP contribution in [0, 0.1) is 11.3 Å². The van der Waals surface area contributed by atoms with Gasteiger partial charge in [0.1, 0.15) is 12.2 Å². The summed E-state index contributed by atoms with van der Waals surface area (Å²) in [4.78, 5) is 11.3. The number of nitriles is 1. The summed E-state index contributed by atoms with van der Waals surface area (Å²) in [5, 5.41) is 9.00. The molecule has 138 valence electrons. The second-order valence-electron chi connectivity index (χ2n) is 6.94. The van der Waals surface area contributed by atoms with E-state index < -0.39 is 12.2 Å². The van der Waals surface area contributed by atoms with Gasteiger partial charge in [0.15, 0.2) is 0 Å². The third-order valence-corrected chi connectivity index (χ3v) is 5.16. The van der Waals surface area contributed by atoms with Gasteiger partial charge in [-0.15, -0.1) is 0 Å². The Kier molecular flexibility index (Phi) is 4.50. The van der Waals surface area contributed by atoms with Crippen LogP contribution in [0.5, 0.6) is 0 Å². The molecule has 0 saturated carbocycles. The van der Waals surface area contributed by atoms with Crippen LogP contribution < -0.4 is 10.6 Å². The van der Waals surface area contributed by atoms with Crippen molar-refractivity contribution in [3.05, 3.63) is 53.9 Å². The van der Waals surface area contributed by atoms with Gasteiger partial charge in [-0.1, -0.05) is 12.1 Å². The van der Waals surface area contributed by atoms with Gasteiger partial charge in [-0.05, 0) is 37.6 Å². The van der Waals surface area contributed by atoms with E-state index in [4.69, 9.17) is 16.0 Å². The highest BCUT2D eigenvalue weighted by atomic mass is 19.1. The predicted octanol–water partition coefficient (Wildman–Crippen LogP) is 2.79. The van der Waals surface area contributed by atoms with Crippen LogP contribution in [0.25, 0.3) is 11.0 Å². The maximum absolute atomic E-state index is 13.9. The summed E-state index contributed by atoms with van der Waals surface area (Å²) < 4.78 is 16.0. The van der Waals surface area contributed by atoms with E-state index in [0.29, 0.717) is 25.1 Å². The molecule has 0 radical (unpaired) electrons. The molecule has 3 atom stereocenters. The first-order valence-electron chi connectivity index (χ1n) is 9.06. The number of alkyl halides is 1. The average Bonchev–Trinajstić information content (AvgIpc) is 3.09. The van der Waals surface area contributed by atoms with E-state index in [1.807, 2.05) is 37.3 Å². The summed E-state index contributed by atoms with van der Waals surface area (Å²) in [6.07, 6.45) is 1.000. The third kappa shape index (κ3) is 3.13. The molecule has 2 aromatic heterocycles. The van der Waals surface area contributed by atoms with Gasteiger partial charge < -0.3 is 15.2 Å². The Morgan fingerprint density at radius 3 is 2.81 bits per heavy atom. The standard InChI is InChI=1S/C20H21FN6/c1-13(17-7-6-14(10-22)11-24-17)27-19-5-3-2-4-18(19)25-20(27)26-9-8-15(21)16(23)12-26/h2-7,11,13,15-16H,8-9,12,23H2,1H3/t13-,15+,16+/m0/s1. The molecule has 1 aromatic carbocycles. The molecule has 1 aliphatic heterocycles. The first kappa shape index (κ1) is 17.4. The minimum Gasteiger partial charge on any atom is -0.340 e. The second-order valence-corrected chi connectivity index (χ2v) is 6.94. The Balaban J connectivity index is 1.79. The molecule has 7 heteroatoms. The Morgan fingerprint density at radius 2 is 2.11 bits per heavy atom. The van der Waals surface area contributed by atoms with Crippen LogP contribution in [-0.2, 0) is 0 Å². The van der Waals surface area contributed by atoms with E-state index in [9.17, 15) is 4.39 Å². The molecule has 3 aromatic rings. The maximum atomic E-state index is 13.9. The van der Waals surface area contributed by atoms with E-state index in [1.165, 1.54) is 0 Å². The number of fused-ring (bicyclic) bond motifs is 1. The highest BCUT2D eigenvalue weighted by Gasteiger charge is 2.30. The number of hydrogen-bond acceptors (Lipinski definition) is 5. The van der Waals surface area contributed by atoms with E-state index in [1.54, 1.807) is 12.3 Å². The predicted molar refractivity (Wildman–Crippen MR) is 102 cm³/mol. The number of nitrogens with two attached hydrogens (primary N) is 1. The van der Waals surface area contributed by atoms with Crippen molar-refractivity contribution in [1.82, 2.24) is 14.5 Å². The van der Waals surface area contributed by atoms with Gasteiger partial charge in [0.2, 0.25) is 5.95 Å². The lowest BCUT2D eigenvalue weighted by molar-refractivity contribution is 0.243. The van der Waals surface area contributed by atoms with Crippen molar-refractivity contribution in [3.63, 3.8) is 0 Å². The Labute approximate surface area is 157 Å². The zero-order valence-corrected chi connectivity index (χ0v) is 15.1. The van der Waals surface area contributed by atoms with Crippen LogP contribution in [0.15, 0.2) is 42.6 Å². The van der Waals surface area contributed by atoms with Gasteiger partial charge in [0.05, 0.1) is 34.4 Å². The first-order valence-corrected chi connectivity index (χ1v) is 9.06. The molecule has 1 aliphatic rings. The van der Waals surface area contributed by atoms with Crippen molar-refractivity contribution in [2.45, 2.75) is 31.6 Å². The summed E-state index contributed by atoms with van der Waals surface area (Å²) in [5.41, 5.74) is 9.20. The topological polar surface area (TPSA) is 83.8 Å². The number of anilines is 1. The van der Waals surface area contributed by atoms with Gasteiger partial charge in [-0.25, -0.2) is 9.37 Å². The lowest BCUT2D eigenvalue weighted by Crippen LogP contribution is -2.50. The second kappa shape index (κ2) is 6.97. The minimum absolute atomic E-state index is 0.0977. The minimum atomic E-state index is -0.975. The quantitative estimate of drug-likeness (QED) is 0.773. The Morgan fingerprint density at radius 1 is 1.30 bits per heavy atom. The van der Waals surface area contributed by atoms with E-state index in [-0.39, 0.29) is 6.04 Å². The van der Waals surface area contributed by atoms with Crippen molar-refractivity contribution >= 4 is 17.0 Å². The molecular formula is C20H21FN6. The van der Waals surface area contributed by atoms with Crippen molar-refractivity contribution in [2.75, 3.05) is 18.0 Å². The molecule has 0 unspecified atom stereocenters. The monoisotopic (exact) mass is 364 g/mol. The number of para-hydroxylation sites is 2. The number of imidazole rings is 1. The van der Waals surface area contributed by atoms with Gasteiger partial charge in [-0.2, -0.15) is 5.26 Å². The third-order valence-electron chi connectivity index (χ3n) is 5.16. The summed E-state index contributed by atoms with van der Waals surface area (Å²) in [6, 6.07) is 13.0. The fraction of sp³-hybridized carbons (Fsp3) is 0.350. The summed E-state index contributed by atoms with van der Waals surface area (Å²) in [7, 11) is 0. The molecule has 0 aliphatic carbocycles. The lowest BCUT2D eigenvalue weighted by Gasteiger charge is -2.34. The van der Waals surface area contributed by atoms with Crippen molar-refractivity contribution < 1.29 is 4.39 Å². The maximum Gasteiger partial charge on any atom is 0.207 e. The fourth-order valence-electron chi connectivity index (χ4n) is 3.62. The van der Waals surface area contributed by atoms with Crippen LogP contribution in [0.1, 0.15) is 30.6 Å². The molecule has 1 saturated heterocycles. The van der Waals surface area contributed by atoms with Crippen LogP contribution in [0.4, 0.5) is 10.3 Å². The zero-order chi connectivity index (χ0) is 19.0. The van der Waals surface area contributed by atoms with Crippen molar-refractivity contribution in [1.29, 1.82) is 5.26 Å². The number of halogens is 1. The zero-order valence-electron chi connectivity index (χ0n) is 15.1. The first-order chi connectivity index (χ1) is 13.1. The normalized spacial score (nSPS) is 21.2. The van der Waals surface area contributed by atoms with Gasteiger partial charge in [0.25, 0.3) is 0 Å². The molecule has 6 nitrogen and oxygen atoms in total. The Bertz CT molecular complexity index is 990. The number of nitrogens with zero attached hydrogens (tertiary/aromatic N) is 5. The fourth-order valence-corrected chi connectivity index (χ4v) is 3.62. The SMILES string of the molecule is C[C@@H](c1ccc(C#N)cn1)n1c(N2CC[C@@H](F)[C@H](N)C2)nc2ccccc21. The molecule has 0 bridgehead atoms. The van der Waals surface area contributed by atoms with E-state index in [2.05, 4.69) is 20.5 Å². The van der Waals surface area contributed by atoms with Gasteiger partial charge in [-0.3, -0.25) is 4.98 Å². The highest BCUT2D eigenvalue weighted by Crippen LogP contribution is 2.31. The number of pyridine rings is 1. The van der Waals surface area contributed by atoms with Crippen LogP contribution in [0.3, 0.4) is 0 Å². The summed E-state index contributed by atoms with van der Waals surface area (Å²) in [5.74, 6) is 0.775. The number of hydrogen-bond donors (Lipinski definition) is 1. The molecule has 0 spiro atoms. The number of benzene rings is 1. The lowest BCUT2D eigenvalue weighted by atomic mass is 10.1. The largest absolute Gasteiger partial charge is 0.340 e. The number of rotatable bonds is 3. The van der Waals surface area contributed by atoms with Gasteiger partial charge in [0, 0.05) is 19.3 Å². The molecule has 0 amide bonds. The number of aromatic nitrogens is 3. The van der Waals surface area contributed by atoms with E-state index >= 15 is 0 Å². The molecule has 3 heterocycles. The van der Waals surface area contributed by atoms with Crippen LogP contribution in [0.2, 0.25) is 0 Å². The molecular weight excluding hydrogens is 343 g/mol. The van der Waals surface area contributed by atoms with E-state index in [0.717, 1.165) is 22.7 Å². The Hall–Kier alpha value is -2.98. The van der Waals surface area contributed by atoms with Crippen molar-refractivity contribution in [3.8, 4) is 6.07 Å². The highest BCUT2D eigenvalue weighted by molar-refractivity contribution is 5.79. The van der Waals surface area contributed by atoms with Gasteiger partial charge >= 0.3 is 0 Å². The molecule has 27 heavy (non-hydrogen) atoms. The summed E-state index contributed by atoms with van der Waals surface area (Å²) in [6.45, 7) is 3.05.